The van der Waals surface area contributed by atoms with Gasteiger partial charge in [-0.3, -0.25) is 4.55 Å². The Labute approximate surface area is 260 Å². The van der Waals surface area contributed by atoms with Crippen LogP contribution in [0.3, 0.4) is 0 Å². The van der Waals surface area contributed by atoms with Gasteiger partial charge < -0.3 is 24.1 Å². The van der Waals surface area contributed by atoms with Crippen LogP contribution in [-0.4, -0.2) is 48.1 Å². The van der Waals surface area contributed by atoms with E-state index < -0.39 is 45.6 Å². The fraction of sp³-hybridized carbons (Fsp3) is 0.367. The van der Waals surface area contributed by atoms with E-state index in [0.717, 1.165) is 0 Å². The summed E-state index contributed by atoms with van der Waals surface area (Å²) in [4.78, 5) is 12.3. The second-order valence-corrected chi connectivity index (χ2v) is 13.6. The number of carbonyl (C=O) groups excluding carboxylic acids is 1. The number of aromatic hydroxyl groups is 1. The predicted octanol–water partition coefficient (Wildman–Crippen LogP) is 5.49. The van der Waals surface area contributed by atoms with Crippen molar-refractivity contribution in [3.05, 3.63) is 87.5 Å². The van der Waals surface area contributed by atoms with E-state index in [-0.39, 0.29) is 36.0 Å². The first-order valence-corrected chi connectivity index (χ1v) is 16.1. The first-order chi connectivity index (χ1) is 20.4. The number of esters is 1. The van der Waals surface area contributed by atoms with Crippen LogP contribution in [0.4, 0.5) is 8.78 Å². The van der Waals surface area contributed by atoms with Gasteiger partial charge in [-0.15, -0.1) is 0 Å². The van der Waals surface area contributed by atoms with Crippen LogP contribution in [0.1, 0.15) is 30.4 Å². The van der Waals surface area contributed by atoms with Crippen molar-refractivity contribution in [2.45, 2.75) is 42.5 Å². The molecule has 0 spiro atoms. The lowest BCUT2D eigenvalue weighted by molar-refractivity contribution is -0.162. The van der Waals surface area contributed by atoms with Gasteiger partial charge in [-0.05, 0) is 89.6 Å². The van der Waals surface area contributed by atoms with Gasteiger partial charge in [0, 0.05) is 17.5 Å². The van der Waals surface area contributed by atoms with Crippen LogP contribution in [0.2, 0.25) is 0 Å². The molecule has 0 radical (unpaired) electrons. The number of hydrogen-bond acceptors (Lipinski definition) is 8. The Bertz CT molecular complexity index is 1620. The van der Waals surface area contributed by atoms with E-state index >= 15 is 0 Å². The Kier molecular flexibility index (Phi) is 7.90. The lowest BCUT2D eigenvalue weighted by Gasteiger charge is -2.31. The zero-order valence-corrected chi connectivity index (χ0v) is 25.4. The van der Waals surface area contributed by atoms with Crippen LogP contribution in [0.15, 0.2) is 72.8 Å². The van der Waals surface area contributed by atoms with E-state index in [1.807, 2.05) is 52.9 Å². The molecule has 2 saturated carbocycles. The van der Waals surface area contributed by atoms with Gasteiger partial charge in [0.2, 0.25) is 5.79 Å². The lowest BCUT2D eigenvalue weighted by Crippen LogP contribution is -2.39. The van der Waals surface area contributed by atoms with Crippen molar-refractivity contribution in [3.63, 3.8) is 0 Å². The van der Waals surface area contributed by atoms with Crippen molar-refractivity contribution in [2.24, 2.45) is 17.8 Å². The van der Waals surface area contributed by atoms with Crippen LogP contribution in [0, 0.1) is 21.3 Å². The molecule has 1 heterocycles. The van der Waals surface area contributed by atoms with Gasteiger partial charge in [-0.25, -0.2) is 4.79 Å². The molecular formula is C30H27F2IO9S. The molecule has 6 unspecified atom stereocenters. The average molecular weight is 729 g/mol. The van der Waals surface area contributed by atoms with Crippen LogP contribution >= 0.6 is 22.6 Å². The summed E-state index contributed by atoms with van der Waals surface area (Å²) >= 11 is 1.87. The van der Waals surface area contributed by atoms with Crippen LogP contribution < -0.4 is 9.47 Å². The van der Waals surface area contributed by atoms with E-state index in [0.29, 0.717) is 33.3 Å². The highest BCUT2D eigenvalue weighted by Gasteiger charge is 2.64. The molecule has 3 aromatic carbocycles. The number of alkyl halides is 2. The first-order valence-electron chi connectivity index (χ1n) is 13.6. The Morgan fingerprint density at radius 3 is 2.35 bits per heavy atom. The number of phenols is 1. The van der Waals surface area contributed by atoms with Gasteiger partial charge in [0.1, 0.15) is 17.2 Å². The van der Waals surface area contributed by atoms with E-state index in [1.165, 1.54) is 6.07 Å². The topological polar surface area (TPSA) is 129 Å². The smallest absolute Gasteiger partial charge is 0.370 e. The molecule has 43 heavy (non-hydrogen) atoms. The van der Waals surface area contributed by atoms with Crippen LogP contribution in [-0.2, 0) is 30.2 Å². The van der Waals surface area contributed by atoms with Gasteiger partial charge in [0.25, 0.3) is 0 Å². The Hall–Kier alpha value is -2.85. The molecule has 228 valence electrons. The van der Waals surface area contributed by atoms with Crippen molar-refractivity contribution in [3.8, 4) is 17.2 Å². The maximum atomic E-state index is 14.3. The lowest BCUT2D eigenvalue weighted by atomic mass is 9.83. The molecule has 9 nitrogen and oxygen atoms in total. The minimum atomic E-state index is -5.53. The summed E-state index contributed by atoms with van der Waals surface area (Å²) in [6.45, 7) is -0.384. The Morgan fingerprint density at radius 1 is 0.977 bits per heavy atom. The number of ether oxygens (including phenoxy) is 4. The average Bonchev–Trinajstić information content (AvgIpc) is 3.65. The number of benzene rings is 3. The predicted molar refractivity (Wildman–Crippen MR) is 156 cm³/mol. The molecule has 3 fully saturated rings. The van der Waals surface area contributed by atoms with Crippen molar-refractivity contribution in [2.75, 3.05) is 6.61 Å². The van der Waals surface area contributed by atoms with Gasteiger partial charge in [-0.1, -0.05) is 36.4 Å². The largest absolute Gasteiger partial charge is 0.507 e. The zero-order chi connectivity index (χ0) is 30.6. The fourth-order valence-electron chi connectivity index (χ4n) is 6.50. The molecule has 6 atom stereocenters. The SMILES string of the molecule is O=C(COc1ccc(C2(c3ccccc3)OC3C4CC(CC(F)(F)S(=O)(=O)O)C(C4)C3O2)cc1)Oc1cccc(O)c1I. The van der Waals surface area contributed by atoms with Crippen LogP contribution in [0.25, 0.3) is 0 Å². The van der Waals surface area contributed by atoms with Crippen molar-refractivity contribution < 1.29 is 50.6 Å². The summed E-state index contributed by atoms with van der Waals surface area (Å²) in [6, 6.07) is 20.6. The number of hydrogen-bond donors (Lipinski definition) is 2. The summed E-state index contributed by atoms with van der Waals surface area (Å²) < 4.78 is 84.7. The summed E-state index contributed by atoms with van der Waals surface area (Å²) in [7, 11) is -5.53. The summed E-state index contributed by atoms with van der Waals surface area (Å²) in [6.07, 6.45) is -0.998. The van der Waals surface area contributed by atoms with Gasteiger partial charge in [0.05, 0.1) is 15.8 Å². The maximum Gasteiger partial charge on any atom is 0.370 e. The Morgan fingerprint density at radius 2 is 1.65 bits per heavy atom. The number of carbonyl (C=O) groups is 1. The van der Waals surface area contributed by atoms with Crippen molar-refractivity contribution in [1.29, 1.82) is 0 Å². The molecule has 3 aliphatic rings. The molecular weight excluding hydrogens is 701 g/mol. The van der Waals surface area contributed by atoms with Crippen molar-refractivity contribution >= 4 is 38.7 Å². The summed E-state index contributed by atoms with van der Waals surface area (Å²) in [5.41, 5.74) is 1.32. The fourth-order valence-corrected chi connectivity index (χ4v) is 7.39. The van der Waals surface area contributed by atoms with Gasteiger partial charge in [-0.2, -0.15) is 17.2 Å². The number of phenolic OH excluding ortho intramolecular Hbond substituents is 1. The molecule has 2 aliphatic carbocycles. The van der Waals surface area contributed by atoms with Crippen molar-refractivity contribution in [1.82, 2.24) is 0 Å². The highest BCUT2D eigenvalue weighted by Crippen LogP contribution is 2.60. The number of halogens is 3. The Balaban J connectivity index is 1.19. The van der Waals surface area contributed by atoms with Gasteiger partial charge in [0.15, 0.2) is 6.61 Å². The van der Waals surface area contributed by atoms with E-state index in [4.69, 9.17) is 23.5 Å². The molecule has 13 heteroatoms. The third kappa shape index (κ3) is 5.61. The molecule has 2 bridgehead atoms. The molecule has 1 saturated heterocycles. The quantitative estimate of drug-likeness (QED) is 0.127. The molecule has 0 amide bonds. The second kappa shape index (κ2) is 11.3. The minimum absolute atomic E-state index is 0.00480. The normalized spacial score (nSPS) is 28.0. The number of fused-ring (bicyclic) bond motifs is 5. The van der Waals surface area contributed by atoms with E-state index in [1.54, 1.807) is 36.4 Å². The minimum Gasteiger partial charge on any atom is -0.507 e. The second-order valence-electron chi connectivity index (χ2n) is 11.0. The maximum absolute atomic E-state index is 14.3. The third-order valence-electron chi connectivity index (χ3n) is 8.39. The third-order valence-corrected chi connectivity index (χ3v) is 10.4. The van der Waals surface area contributed by atoms with Crippen LogP contribution in [0.5, 0.6) is 17.2 Å². The standard InChI is InChI=1S/C30H27F2IO9S/c31-29(32,43(36,37)38)15-18-13-17-14-22(18)28-27(17)41-30(42-28,19-5-2-1-3-6-19)20-9-11-21(12-10-20)39-16-25(35)40-24-8-4-7-23(34)26(24)33/h1-12,17-18,22,27-28,34H,13-16H2,(H,36,37,38). The molecule has 1 aliphatic heterocycles. The highest BCUT2D eigenvalue weighted by atomic mass is 127. The van der Waals surface area contributed by atoms with E-state index in [2.05, 4.69) is 0 Å². The van der Waals surface area contributed by atoms with Gasteiger partial charge >= 0.3 is 21.3 Å². The zero-order valence-electron chi connectivity index (χ0n) is 22.4. The monoisotopic (exact) mass is 728 g/mol. The molecule has 3 aromatic rings. The molecule has 2 N–H and O–H groups in total. The molecule has 0 aromatic heterocycles. The highest BCUT2D eigenvalue weighted by molar-refractivity contribution is 14.1. The van der Waals surface area contributed by atoms with E-state index in [9.17, 15) is 27.1 Å². The summed E-state index contributed by atoms with van der Waals surface area (Å²) in [5, 5.41) is 5.56. The molecule has 6 rings (SSSR count). The number of rotatable bonds is 9. The first kappa shape index (κ1) is 30.2. The summed E-state index contributed by atoms with van der Waals surface area (Å²) in [5.74, 6) is -2.55.